The molecule has 0 unspecified atom stereocenters. The van der Waals surface area contributed by atoms with E-state index in [-0.39, 0.29) is 11.7 Å². The second-order valence-electron chi connectivity index (χ2n) is 5.59. The first-order valence-corrected chi connectivity index (χ1v) is 8.43. The number of aromatic nitrogens is 3. The van der Waals surface area contributed by atoms with Crippen LogP contribution in [0.4, 0.5) is 5.13 Å². The van der Waals surface area contributed by atoms with Crippen molar-refractivity contribution in [3.63, 3.8) is 0 Å². The minimum Gasteiger partial charge on any atom is -0.508 e. The van der Waals surface area contributed by atoms with Crippen LogP contribution in [0.25, 0.3) is 15.9 Å². The number of carbonyl (C=O) groups excluding carboxylic acids is 1. The van der Waals surface area contributed by atoms with E-state index in [1.165, 1.54) is 17.5 Å². The molecule has 0 aliphatic heterocycles. The second kappa shape index (κ2) is 6.03. The van der Waals surface area contributed by atoms with Crippen LogP contribution >= 0.6 is 11.3 Å². The number of benzene rings is 2. The van der Waals surface area contributed by atoms with Gasteiger partial charge in [-0.25, -0.2) is 9.67 Å². The van der Waals surface area contributed by atoms with Crippen LogP contribution in [0, 0.1) is 6.92 Å². The first-order valence-electron chi connectivity index (χ1n) is 7.62. The number of carbonyl (C=O) groups is 1. The number of thiazole rings is 1. The molecular formula is C18H14N4O2S. The monoisotopic (exact) mass is 350 g/mol. The van der Waals surface area contributed by atoms with E-state index in [2.05, 4.69) is 15.4 Å². The van der Waals surface area contributed by atoms with Crippen LogP contribution in [0.3, 0.4) is 0 Å². The van der Waals surface area contributed by atoms with Crippen molar-refractivity contribution in [1.29, 1.82) is 0 Å². The second-order valence-corrected chi connectivity index (χ2v) is 6.62. The summed E-state index contributed by atoms with van der Waals surface area (Å²) in [6, 6.07) is 12.8. The van der Waals surface area contributed by atoms with E-state index in [0.29, 0.717) is 16.2 Å². The first-order chi connectivity index (χ1) is 12.1. The molecule has 0 radical (unpaired) electrons. The lowest BCUT2D eigenvalue weighted by molar-refractivity contribution is 0.102. The van der Waals surface area contributed by atoms with Crippen molar-refractivity contribution < 1.29 is 9.90 Å². The van der Waals surface area contributed by atoms with Crippen LogP contribution in [-0.4, -0.2) is 25.8 Å². The van der Waals surface area contributed by atoms with E-state index >= 15 is 0 Å². The molecule has 2 aromatic carbocycles. The van der Waals surface area contributed by atoms with Crippen molar-refractivity contribution in [3.8, 4) is 11.4 Å². The van der Waals surface area contributed by atoms with Gasteiger partial charge in [-0.3, -0.25) is 10.1 Å². The molecule has 0 aliphatic carbocycles. The summed E-state index contributed by atoms with van der Waals surface area (Å²) in [5.41, 5.74) is 3.10. The molecular weight excluding hydrogens is 336 g/mol. The SMILES string of the molecule is Cc1ccccc1-n1cc(C(=O)Nc2nc3cc(O)ccc3s2)cn1. The van der Waals surface area contributed by atoms with Gasteiger partial charge in [0.15, 0.2) is 5.13 Å². The number of rotatable bonds is 3. The third-order valence-electron chi connectivity index (χ3n) is 3.80. The fraction of sp³-hybridized carbons (Fsp3) is 0.0556. The van der Waals surface area contributed by atoms with Gasteiger partial charge in [0.1, 0.15) is 5.75 Å². The summed E-state index contributed by atoms with van der Waals surface area (Å²) in [6.45, 7) is 1.99. The molecule has 0 aliphatic rings. The van der Waals surface area contributed by atoms with Crippen molar-refractivity contribution in [3.05, 3.63) is 66.0 Å². The number of phenolic OH excluding ortho intramolecular Hbond substituents is 1. The number of para-hydroxylation sites is 1. The summed E-state index contributed by atoms with van der Waals surface area (Å²) in [7, 11) is 0. The highest BCUT2D eigenvalue weighted by Gasteiger charge is 2.13. The van der Waals surface area contributed by atoms with Gasteiger partial charge in [0, 0.05) is 12.3 Å². The zero-order chi connectivity index (χ0) is 17.4. The van der Waals surface area contributed by atoms with Crippen LogP contribution < -0.4 is 5.32 Å². The molecule has 7 heteroatoms. The van der Waals surface area contributed by atoms with Crippen LogP contribution in [0.5, 0.6) is 5.75 Å². The Morgan fingerprint density at radius 1 is 1.24 bits per heavy atom. The number of aryl methyl sites for hydroxylation is 1. The maximum Gasteiger partial charge on any atom is 0.260 e. The predicted molar refractivity (Wildman–Crippen MR) is 97.5 cm³/mol. The number of nitrogens with zero attached hydrogens (tertiary/aromatic N) is 3. The molecule has 0 spiro atoms. The highest BCUT2D eigenvalue weighted by atomic mass is 32.1. The molecule has 2 N–H and O–H groups in total. The number of phenols is 1. The van der Waals surface area contributed by atoms with Gasteiger partial charge >= 0.3 is 0 Å². The molecule has 0 bridgehead atoms. The number of hydrogen-bond acceptors (Lipinski definition) is 5. The van der Waals surface area contributed by atoms with Crippen molar-refractivity contribution in [1.82, 2.24) is 14.8 Å². The normalized spacial score (nSPS) is 10.9. The number of amides is 1. The van der Waals surface area contributed by atoms with Gasteiger partial charge in [0.25, 0.3) is 5.91 Å². The van der Waals surface area contributed by atoms with E-state index in [0.717, 1.165) is 16.0 Å². The van der Waals surface area contributed by atoms with E-state index in [9.17, 15) is 9.90 Å². The molecule has 6 nitrogen and oxygen atoms in total. The standard InChI is InChI=1S/C18H14N4O2S/c1-11-4-2-3-5-15(11)22-10-12(9-19-22)17(24)21-18-20-14-8-13(23)6-7-16(14)25-18/h2-10,23H,1H3,(H,20,21,24). The van der Waals surface area contributed by atoms with Crippen LogP contribution in [0.2, 0.25) is 0 Å². The highest BCUT2D eigenvalue weighted by Crippen LogP contribution is 2.28. The Labute approximate surface area is 147 Å². The van der Waals surface area contributed by atoms with E-state index in [4.69, 9.17) is 0 Å². The number of aromatic hydroxyl groups is 1. The Balaban J connectivity index is 1.58. The number of anilines is 1. The summed E-state index contributed by atoms with van der Waals surface area (Å²) >= 11 is 1.35. The van der Waals surface area contributed by atoms with E-state index in [1.807, 2.05) is 31.2 Å². The topological polar surface area (TPSA) is 80.0 Å². The highest BCUT2D eigenvalue weighted by molar-refractivity contribution is 7.22. The minimum atomic E-state index is -0.275. The molecule has 2 aromatic heterocycles. The van der Waals surface area contributed by atoms with E-state index < -0.39 is 0 Å². The van der Waals surface area contributed by atoms with Gasteiger partial charge < -0.3 is 5.11 Å². The summed E-state index contributed by atoms with van der Waals surface area (Å²) in [5, 5.41) is 17.0. The van der Waals surface area contributed by atoms with E-state index in [1.54, 1.807) is 29.1 Å². The molecule has 4 aromatic rings. The lowest BCUT2D eigenvalue weighted by atomic mass is 10.2. The zero-order valence-corrected chi connectivity index (χ0v) is 14.1. The zero-order valence-electron chi connectivity index (χ0n) is 13.3. The quantitative estimate of drug-likeness (QED) is 0.590. The molecule has 124 valence electrons. The molecule has 1 amide bonds. The van der Waals surface area contributed by atoms with Gasteiger partial charge in [-0.2, -0.15) is 5.10 Å². The summed E-state index contributed by atoms with van der Waals surface area (Å²) in [4.78, 5) is 16.8. The van der Waals surface area contributed by atoms with Crippen molar-refractivity contribution in [2.45, 2.75) is 6.92 Å². The maximum absolute atomic E-state index is 12.4. The fourth-order valence-corrected chi connectivity index (χ4v) is 3.37. The third kappa shape index (κ3) is 2.97. The minimum absolute atomic E-state index is 0.148. The largest absolute Gasteiger partial charge is 0.508 e. The number of fused-ring (bicyclic) bond motifs is 1. The van der Waals surface area contributed by atoms with Gasteiger partial charge in [-0.05, 0) is 30.7 Å². The Morgan fingerprint density at radius 2 is 2.08 bits per heavy atom. The number of nitrogens with one attached hydrogen (secondary N) is 1. The summed E-state index contributed by atoms with van der Waals surface area (Å²) in [5.74, 6) is -0.127. The summed E-state index contributed by atoms with van der Waals surface area (Å²) < 4.78 is 2.57. The fourth-order valence-electron chi connectivity index (χ4n) is 2.53. The molecule has 2 heterocycles. The van der Waals surface area contributed by atoms with Crippen LogP contribution in [0.1, 0.15) is 15.9 Å². The van der Waals surface area contributed by atoms with Crippen LogP contribution in [-0.2, 0) is 0 Å². The number of hydrogen-bond donors (Lipinski definition) is 2. The van der Waals surface area contributed by atoms with Gasteiger partial charge in [-0.1, -0.05) is 29.5 Å². The average molecular weight is 350 g/mol. The Bertz CT molecular complexity index is 1080. The molecule has 0 atom stereocenters. The Kier molecular flexibility index (Phi) is 3.70. The molecule has 4 rings (SSSR count). The lowest BCUT2D eigenvalue weighted by Crippen LogP contribution is -2.10. The molecule has 0 fully saturated rings. The molecule has 25 heavy (non-hydrogen) atoms. The average Bonchev–Trinajstić information content (AvgIpc) is 3.21. The van der Waals surface area contributed by atoms with Crippen molar-refractivity contribution in [2.24, 2.45) is 0 Å². The molecule has 0 saturated carbocycles. The van der Waals surface area contributed by atoms with Crippen LogP contribution in [0.15, 0.2) is 54.9 Å². The maximum atomic E-state index is 12.4. The van der Waals surface area contributed by atoms with Crippen molar-refractivity contribution >= 4 is 32.6 Å². The van der Waals surface area contributed by atoms with Gasteiger partial charge in [-0.15, -0.1) is 0 Å². The Hall–Kier alpha value is -3.19. The lowest BCUT2D eigenvalue weighted by Gasteiger charge is -2.04. The summed E-state index contributed by atoms with van der Waals surface area (Å²) in [6.07, 6.45) is 3.22. The molecule has 0 saturated heterocycles. The van der Waals surface area contributed by atoms with Crippen molar-refractivity contribution in [2.75, 3.05) is 5.32 Å². The smallest absolute Gasteiger partial charge is 0.260 e. The first kappa shape index (κ1) is 15.3. The van der Waals surface area contributed by atoms with Gasteiger partial charge in [0.2, 0.25) is 0 Å². The predicted octanol–water partition coefficient (Wildman–Crippen LogP) is 3.75. The van der Waals surface area contributed by atoms with Gasteiger partial charge in [0.05, 0.1) is 27.7 Å². The Morgan fingerprint density at radius 3 is 2.92 bits per heavy atom. The third-order valence-corrected chi connectivity index (χ3v) is 4.75.